The molecule has 0 saturated heterocycles. The number of aromatic nitrogens is 2. The van der Waals surface area contributed by atoms with Crippen LogP contribution in [-0.2, 0) is 6.54 Å². The maximum atomic E-state index is 12.5. The Kier molecular flexibility index (Phi) is 6.07. The van der Waals surface area contributed by atoms with E-state index in [9.17, 15) is 10.1 Å². The summed E-state index contributed by atoms with van der Waals surface area (Å²) in [6.07, 6.45) is 0. The van der Waals surface area contributed by atoms with Gasteiger partial charge in [-0.2, -0.15) is 10.4 Å². The maximum Gasteiger partial charge on any atom is 0.285 e. The minimum Gasteiger partial charge on any atom is -0.497 e. The molecular formula is C19H13Cl2N3O2S. The first-order valence-electron chi connectivity index (χ1n) is 7.78. The first-order chi connectivity index (χ1) is 13.0. The lowest BCUT2D eigenvalue weighted by Crippen LogP contribution is -2.26. The molecule has 0 unspecified atom stereocenters. The molecule has 1 heterocycles. The van der Waals surface area contributed by atoms with E-state index < -0.39 is 5.56 Å². The molecule has 27 heavy (non-hydrogen) atoms. The zero-order chi connectivity index (χ0) is 19.4. The Labute approximate surface area is 170 Å². The van der Waals surface area contributed by atoms with Gasteiger partial charge in [0, 0.05) is 4.90 Å². The van der Waals surface area contributed by atoms with Gasteiger partial charge in [0.25, 0.3) is 5.56 Å². The second-order valence-corrected chi connectivity index (χ2v) is 7.41. The molecule has 0 aliphatic rings. The largest absolute Gasteiger partial charge is 0.497 e. The number of nitriles is 1. The molecule has 0 aliphatic heterocycles. The number of ether oxygens (including phenoxy) is 1. The number of methoxy groups -OCH3 is 1. The van der Waals surface area contributed by atoms with Crippen LogP contribution in [0.3, 0.4) is 0 Å². The van der Waals surface area contributed by atoms with Crippen molar-refractivity contribution in [1.82, 2.24) is 9.78 Å². The number of hydrogen-bond acceptors (Lipinski definition) is 5. The Morgan fingerprint density at radius 2 is 2.00 bits per heavy atom. The van der Waals surface area contributed by atoms with Crippen molar-refractivity contribution in [3.05, 3.63) is 80.1 Å². The molecule has 0 N–H and O–H groups in total. The molecule has 3 aromatic rings. The highest BCUT2D eigenvalue weighted by atomic mass is 35.5. The normalized spacial score (nSPS) is 10.4. The van der Waals surface area contributed by atoms with Crippen molar-refractivity contribution < 1.29 is 4.74 Å². The molecule has 1 aromatic heterocycles. The Morgan fingerprint density at radius 3 is 2.70 bits per heavy atom. The summed E-state index contributed by atoms with van der Waals surface area (Å²) in [6, 6.07) is 15.9. The van der Waals surface area contributed by atoms with E-state index in [0.29, 0.717) is 20.8 Å². The third kappa shape index (κ3) is 4.64. The van der Waals surface area contributed by atoms with E-state index >= 15 is 0 Å². The van der Waals surface area contributed by atoms with E-state index in [4.69, 9.17) is 27.9 Å². The van der Waals surface area contributed by atoms with Gasteiger partial charge in [-0.05, 0) is 42.0 Å². The maximum absolute atomic E-state index is 12.5. The lowest BCUT2D eigenvalue weighted by atomic mass is 10.2. The molecule has 0 bridgehead atoms. The van der Waals surface area contributed by atoms with Crippen LogP contribution >= 0.6 is 35.0 Å². The topological polar surface area (TPSA) is 67.9 Å². The fourth-order valence-corrected chi connectivity index (χ4v) is 3.59. The minimum absolute atomic E-state index is 0.0236. The monoisotopic (exact) mass is 417 g/mol. The van der Waals surface area contributed by atoms with Crippen LogP contribution in [0.5, 0.6) is 5.75 Å². The van der Waals surface area contributed by atoms with Gasteiger partial charge in [-0.1, -0.05) is 47.1 Å². The van der Waals surface area contributed by atoms with Crippen molar-refractivity contribution in [3.8, 4) is 11.8 Å². The highest BCUT2D eigenvalue weighted by Gasteiger charge is 2.11. The molecule has 0 fully saturated rings. The molecule has 136 valence electrons. The van der Waals surface area contributed by atoms with Crippen LogP contribution in [0.2, 0.25) is 10.0 Å². The van der Waals surface area contributed by atoms with Crippen LogP contribution in [0, 0.1) is 11.3 Å². The number of rotatable bonds is 5. The standard InChI is InChI=1S/C19H13Cl2N3O2S/c1-26-14-4-2-3-12(7-14)11-24-19(25)13(10-22)8-18(23-24)27-15-5-6-16(20)17(21)9-15/h2-9H,11H2,1H3. The fourth-order valence-electron chi connectivity index (χ4n) is 2.36. The lowest BCUT2D eigenvalue weighted by Gasteiger charge is -2.09. The van der Waals surface area contributed by atoms with Crippen molar-refractivity contribution in [3.63, 3.8) is 0 Å². The first-order valence-corrected chi connectivity index (χ1v) is 9.35. The molecule has 0 radical (unpaired) electrons. The average molecular weight is 418 g/mol. The first kappa shape index (κ1) is 19.3. The molecule has 0 aliphatic carbocycles. The van der Waals surface area contributed by atoms with Gasteiger partial charge in [-0.25, -0.2) is 4.68 Å². The Hall–Kier alpha value is -2.46. The summed E-state index contributed by atoms with van der Waals surface area (Å²) in [5, 5.41) is 15.1. The summed E-state index contributed by atoms with van der Waals surface area (Å²) in [7, 11) is 1.58. The van der Waals surface area contributed by atoms with Crippen LogP contribution in [0.1, 0.15) is 11.1 Å². The predicted molar refractivity (Wildman–Crippen MR) is 106 cm³/mol. The van der Waals surface area contributed by atoms with Gasteiger partial charge >= 0.3 is 0 Å². The van der Waals surface area contributed by atoms with Crippen molar-refractivity contribution >= 4 is 35.0 Å². The summed E-state index contributed by atoms with van der Waals surface area (Å²) in [5.74, 6) is 0.683. The molecule has 0 amide bonds. The van der Waals surface area contributed by atoms with Crippen LogP contribution in [0.15, 0.2) is 63.2 Å². The van der Waals surface area contributed by atoms with Crippen LogP contribution < -0.4 is 10.3 Å². The smallest absolute Gasteiger partial charge is 0.285 e. The minimum atomic E-state index is -0.446. The third-order valence-corrected chi connectivity index (χ3v) is 5.29. The van der Waals surface area contributed by atoms with E-state index in [1.807, 2.05) is 30.3 Å². The molecule has 8 heteroatoms. The Bertz CT molecular complexity index is 1090. The predicted octanol–water partition coefficient (Wildman–Crippen LogP) is 4.63. The van der Waals surface area contributed by atoms with Crippen molar-refractivity contribution in [1.29, 1.82) is 5.26 Å². The van der Waals surface area contributed by atoms with Gasteiger partial charge in [0.2, 0.25) is 0 Å². The zero-order valence-corrected chi connectivity index (χ0v) is 16.5. The lowest BCUT2D eigenvalue weighted by molar-refractivity contribution is 0.414. The summed E-state index contributed by atoms with van der Waals surface area (Å²) < 4.78 is 6.47. The summed E-state index contributed by atoms with van der Waals surface area (Å²) in [5.41, 5.74) is 0.416. The number of nitrogens with zero attached hydrogens (tertiary/aromatic N) is 3. The Balaban J connectivity index is 1.96. The van der Waals surface area contributed by atoms with Crippen LogP contribution in [0.4, 0.5) is 0 Å². The summed E-state index contributed by atoms with van der Waals surface area (Å²) in [4.78, 5) is 13.3. The SMILES string of the molecule is COc1cccc(Cn2nc(Sc3ccc(Cl)c(Cl)c3)cc(C#N)c2=O)c1. The van der Waals surface area contributed by atoms with E-state index in [1.165, 1.54) is 22.5 Å². The number of hydrogen-bond donors (Lipinski definition) is 0. The van der Waals surface area contributed by atoms with E-state index in [2.05, 4.69) is 5.10 Å². The van der Waals surface area contributed by atoms with E-state index in [-0.39, 0.29) is 12.1 Å². The highest BCUT2D eigenvalue weighted by Crippen LogP contribution is 2.31. The Morgan fingerprint density at radius 1 is 1.19 bits per heavy atom. The fraction of sp³-hybridized carbons (Fsp3) is 0.105. The molecule has 0 atom stereocenters. The number of benzene rings is 2. The molecule has 2 aromatic carbocycles. The van der Waals surface area contributed by atoms with Gasteiger partial charge in [0.05, 0.1) is 23.7 Å². The van der Waals surface area contributed by atoms with Gasteiger partial charge in [0.1, 0.15) is 22.4 Å². The van der Waals surface area contributed by atoms with Gasteiger partial charge in [-0.15, -0.1) is 0 Å². The molecular weight excluding hydrogens is 405 g/mol. The highest BCUT2D eigenvalue weighted by molar-refractivity contribution is 7.99. The van der Waals surface area contributed by atoms with Gasteiger partial charge in [-0.3, -0.25) is 4.79 Å². The van der Waals surface area contributed by atoms with Gasteiger partial charge in [0.15, 0.2) is 0 Å². The van der Waals surface area contributed by atoms with E-state index in [1.54, 1.807) is 25.3 Å². The van der Waals surface area contributed by atoms with E-state index in [0.717, 1.165) is 10.5 Å². The van der Waals surface area contributed by atoms with Crippen molar-refractivity contribution in [2.24, 2.45) is 0 Å². The van der Waals surface area contributed by atoms with Crippen LogP contribution in [0.25, 0.3) is 0 Å². The van der Waals surface area contributed by atoms with Crippen LogP contribution in [-0.4, -0.2) is 16.9 Å². The average Bonchev–Trinajstić information content (AvgIpc) is 2.67. The number of halogens is 2. The molecule has 0 saturated carbocycles. The van der Waals surface area contributed by atoms with Gasteiger partial charge < -0.3 is 4.74 Å². The zero-order valence-electron chi connectivity index (χ0n) is 14.1. The molecule has 0 spiro atoms. The second-order valence-electron chi connectivity index (χ2n) is 5.50. The summed E-state index contributed by atoms with van der Waals surface area (Å²) >= 11 is 13.3. The quantitative estimate of drug-likeness (QED) is 0.605. The second kappa shape index (κ2) is 8.49. The van der Waals surface area contributed by atoms with Crippen molar-refractivity contribution in [2.45, 2.75) is 16.5 Å². The third-order valence-electron chi connectivity index (χ3n) is 3.65. The summed E-state index contributed by atoms with van der Waals surface area (Å²) in [6.45, 7) is 0.223. The molecule has 3 rings (SSSR count). The molecule has 5 nitrogen and oxygen atoms in total. The van der Waals surface area contributed by atoms with Crippen molar-refractivity contribution in [2.75, 3.05) is 7.11 Å².